The van der Waals surface area contributed by atoms with E-state index in [2.05, 4.69) is 9.50 Å². The Morgan fingerprint density at radius 3 is 2.27 bits per heavy atom. The lowest BCUT2D eigenvalue weighted by Gasteiger charge is -2.22. The van der Waals surface area contributed by atoms with Gasteiger partial charge in [0.05, 0.1) is 12.8 Å². The van der Waals surface area contributed by atoms with Gasteiger partial charge in [0.1, 0.15) is 4.90 Å². The molecular weight excluding hydrogens is 302 g/mol. The van der Waals surface area contributed by atoms with E-state index in [-0.39, 0.29) is 31.3 Å². The molecule has 0 atom stereocenters. The molecule has 0 aliphatic carbocycles. The summed E-state index contributed by atoms with van der Waals surface area (Å²) in [6, 6.07) is 4.79. The van der Waals surface area contributed by atoms with E-state index in [9.17, 15) is 13.2 Å². The van der Waals surface area contributed by atoms with Gasteiger partial charge in [-0.25, -0.2) is 0 Å². The van der Waals surface area contributed by atoms with Crippen molar-refractivity contribution in [1.82, 2.24) is 0 Å². The first kappa shape index (κ1) is 22.9. The van der Waals surface area contributed by atoms with Gasteiger partial charge in [0.2, 0.25) is 5.91 Å². The van der Waals surface area contributed by atoms with Gasteiger partial charge in [-0.3, -0.25) is 8.98 Å². The zero-order chi connectivity index (χ0) is 15.6. The van der Waals surface area contributed by atoms with Gasteiger partial charge in [-0.05, 0) is 31.0 Å². The minimum Gasteiger partial charge on any atom is -0.324 e. The van der Waals surface area contributed by atoms with E-state index < -0.39 is 15.5 Å². The highest BCUT2D eigenvalue weighted by atomic mass is 32.2. The number of hydrogen-bond acceptors (Lipinski definition) is 4. The highest BCUT2D eigenvalue weighted by molar-refractivity contribution is 7.87. The Morgan fingerprint density at radius 2 is 1.82 bits per heavy atom. The van der Waals surface area contributed by atoms with Gasteiger partial charge < -0.3 is 5.32 Å². The molecule has 0 bridgehead atoms. The van der Waals surface area contributed by atoms with Crippen LogP contribution in [0.3, 0.4) is 0 Å². The summed E-state index contributed by atoms with van der Waals surface area (Å²) in [5.41, 5.74) is 0.441. The lowest BCUT2D eigenvalue weighted by molar-refractivity contribution is -0.124. The number of amides is 1. The molecule has 0 fully saturated rings. The topological polar surface area (TPSA) is 72.5 Å². The average molecular weight is 331 g/mol. The van der Waals surface area contributed by atoms with Crippen molar-refractivity contribution in [2.45, 2.75) is 53.9 Å². The predicted octanol–water partition coefficient (Wildman–Crippen LogP) is 3.98. The Bertz CT molecular complexity index is 607. The van der Waals surface area contributed by atoms with E-state index in [0.29, 0.717) is 6.42 Å². The Balaban J connectivity index is 0. The molecule has 0 saturated carbocycles. The van der Waals surface area contributed by atoms with Crippen LogP contribution in [0.1, 0.15) is 47.6 Å². The van der Waals surface area contributed by atoms with Crippen molar-refractivity contribution in [2.75, 3.05) is 12.4 Å². The highest BCUT2D eigenvalue weighted by Gasteiger charge is 2.27. The largest absolute Gasteiger partial charge is 0.324 e. The van der Waals surface area contributed by atoms with Gasteiger partial charge >= 0.3 is 0 Å². The Morgan fingerprint density at radius 1 is 1.27 bits per heavy atom. The number of nitrogens with one attached hydrogen (secondary N) is 1. The Labute approximate surface area is 135 Å². The molecule has 1 rings (SSSR count). The third kappa shape index (κ3) is 5.10. The fourth-order valence-corrected chi connectivity index (χ4v) is 2.38. The average Bonchev–Trinajstić information content (AvgIpc) is 2.40. The molecule has 0 aromatic heterocycles. The van der Waals surface area contributed by atoms with Gasteiger partial charge in [-0.15, -0.1) is 0 Å². The van der Waals surface area contributed by atoms with Crippen LogP contribution < -0.4 is 5.32 Å². The fourth-order valence-electron chi connectivity index (χ4n) is 1.48. The molecule has 0 unspecified atom stereocenters. The summed E-state index contributed by atoms with van der Waals surface area (Å²) in [5, 5.41) is 2.67. The predicted molar refractivity (Wildman–Crippen MR) is 91.5 cm³/mol. The molecule has 128 valence electrons. The van der Waals surface area contributed by atoms with Crippen molar-refractivity contribution in [3.8, 4) is 0 Å². The standard InChI is InChI=1S/C14H21NO4S.2CH4/c1-6-14(3,4)13(16)15-11-8-7-10(2)9-12(11)20(17,18)19-5;;/h7-9H,6H2,1-5H3,(H,15,16);2*1H4. The SMILES string of the molecule is C.C.CCC(C)(C)C(=O)Nc1ccc(C)cc1S(=O)(=O)OC. The monoisotopic (exact) mass is 331 g/mol. The minimum atomic E-state index is -3.86. The normalized spacial score (nSPS) is 11.1. The Hall–Kier alpha value is -1.40. The summed E-state index contributed by atoms with van der Waals surface area (Å²) in [7, 11) is -2.77. The maximum Gasteiger partial charge on any atom is 0.298 e. The van der Waals surface area contributed by atoms with Crippen LogP contribution in [0.25, 0.3) is 0 Å². The molecule has 1 aromatic rings. The third-order valence-electron chi connectivity index (χ3n) is 3.37. The fraction of sp³-hybridized carbons (Fsp3) is 0.562. The molecule has 1 amide bonds. The quantitative estimate of drug-likeness (QED) is 0.828. The first-order valence-corrected chi connectivity index (χ1v) is 7.77. The van der Waals surface area contributed by atoms with Crippen molar-refractivity contribution in [3.63, 3.8) is 0 Å². The van der Waals surface area contributed by atoms with E-state index in [1.165, 1.54) is 6.07 Å². The summed E-state index contributed by atoms with van der Waals surface area (Å²) < 4.78 is 28.3. The lowest BCUT2D eigenvalue weighted by Crippen LogP contribution is -2.30. The second-order valence-electron chi connectivity index (χ2n) is 5.31. The van der Waals surface area contributed by atoms with Crippen molar-refractivity contribution >= 4 is 21.7 Å². The lowest BCUT2D eigenvalue weighted by atomic mass is 9.89. The third-order valence-corrected chi connectivity index (χ3v) is 4.69. The maximum atomic E-state index is 12.2. The van der Waals surface area contributed by atoms with Crippen LogP contribution >= 0.6 is 0 Å². The summed E-state index contributed by atoms with van der Waals surface area (Å²) in [5.74, 6) is -0.226. The molecule has 1 aromatic carbocycles. The molecule has 22 heavy (non-hydrogen) atoms. The number of carbonyl (C=O) groups excluding carboxylic acids is 1. The van der Waals surface area contributed by atoms with Crippen molar-refractivity contribution in [1.29, 1.82) is 0 Å². The van der Waals surface area contributed by atoms with E-state index in [0.717, 1.165) is 12.7 Å². The number of aryl methyl sites for hydroxylation is 1. The number of rotatable bonds is 5. The van der Waals surface area contributed by atoms with Crippen molar-refractivity contribution in [2.24, 2.45) is 5.41 Å². The number of carbonyl (C=O) groups is 1. The smallest absolute Gasteiger partial charge is 0.298 e. The molecule has 6 heteroatoms. The van der Waals surface area contributed by atoms with Gasteiger partial charge in [0.15, 0.2) is 0 Å². The van der Waals surface area contributed by atoms with Crippen LogP contribution in [0.2, 0.25) is 0 Å². The summed E-state index contributed by atoms with van der Waals surface area (Å²) >= 11 is 0. The molecule has 0 aliphatic heterocycles. The van der Waals surface area contributed by atoms with E-state index >= 15 is 0 Å². The zero-order valence-electron chi connectivity index (χ0n) is 12.5. The minimum absolute atomic E-state index is 0. The number of anilines is 1. The van der Waals surface area contributed by atoms with E-state index in [1.807, 2.05) is 6.92 Å². The number of benzene rings is 1. The zero-order valence-corrected chi connectivity index (χ0v) is 13.3. The summed E-state index contributed by atoms with van der Waals surface area (Å²) in [4.78, 5) is 12.1. The van der Waals surface area contributed by atoms with Gasteiger partial charge in [0, 0.05) is 5.41 Å². The van der Waals surface area contributed by atoms with Crippen LogP contribution in [0.5, 0.6) is 0 Å². The molecule has 0 radical (unpaired) electrons. The maximum absolute atomic E-state index is 12.2. The van der Waals surface area contributed by atoms with Crippen LogP contribution in [-0.2, 0) is 19.1 Å². The van der Waals surface area contributed by atoms with Gasteiger partial charge in [-0.2, -0.15) is 8.42 Å². The summed E-state index contributed by atoms with van der Waals surface area (Å²) in [6.45, 7) is 7.29. The highest BCUT2D eigenvalue weighted by Crippen LogP contribution is 2.27. The van der Waals surface area contributed by atoms with Crippen LogP contribution in [0.15, 0.2) is 23.1 Å². The Kier molecular flexibility index (Phi) is 8.62. The molecule has 0 heterocycles. The van der Waals surface area contributed by atoms with Gasteiger partial charge in [0.25, 0.3) is 10.1 Å². The molecule has 5 nitrogen and oxygen atoms in total. The van der Waals surface area contributed by atoms with E-state index in [1.54, 1.807) is 32.9 Å². The first-order chi connectivity index (χ1) is 9.14. The van der Waals surface area contributed by atoms with Crippen molar-refractivity contribution in [3.05, 3.63) is 23.8 Å². The second-order valence-corrected chi connectivity index (χ2v) is 6.99. The summed E-state index contributed by atoms with van der Waals surface area (Å²) in [6.07, 6.45) is 0.650. The molecule has 1 N–H and O–H groups in total. The van der Waals surface area contributed by atoms with Crippen LogP contribution in [0.4, 0.5) is 5.69 Å². The van der Waals surface area contributed by atoms with Gasteiger partial charge in [-0.1, -0.05) is 41.7 Å². The van der Waals surface area contributed by atoms with E-state index in [4.69, 9.17) is 0 Å². The molecule has 0 spiro atoms. The van der Waals surface area contributed by atoms with Crippen LogP contribution in [0, 0.1) is 12.3 Å². The number of hydrogen-bond donors (Lipinski definition) is 1. The van der Waals surface area contributed by atoms with Crippen LogP contribution in [-0.4, -0.2) is 21.4 Å². The van der Waals surface area contributed by atoms with Crippen molar-refractivity contribution < 1.29 is 17.4 Å². The molecule has 0 aliphatic rings. The molecular formula is C16H29NO4S. The second kappa shape index (κ2) is 8.29. The molecule has 0 saturated heterocycles. The first-order valence-electron chi connectivity index (χ1n) is 6.37.